The van der Waals surface area contributed by atoms with E-state index in [1.54, 1.807) is 20.8 Å². The lowest BCUT2D eigenvalue weighted by molar-refractivity contribution is -0.150. The Kier molecular flexibility index (Phi) is 4.76. The molecule has 0 aliphatic rings. The minimum atomic E-state index is -4.48. The van der Waals surface area contributed by atoms with Gasteiger partial charge in [-0.3, -0.25) is 0 Å². The number of halogens is 3. The Labute approximate surface area is 90.9 Å². The standard InChI is InChI=1S/C8H15F3N2OS/c1-7(2,3)15-4-5(6(12)13-14)8(9,10)11/h5,14H,4H2,1-3H3,(H2,12,13). The summed E-state index contributed by atoms with van der Waals surface area (Å²) >= 11 is 1.12. The average Bonchev–Trinajstić information content (AvgIpc) is 1.99. The summed E-state index contributed by atoms with van der Waals surface area (Å²) in [6.45, 7) is 5.41. The van der Waals surface area contributed by atoms with Crippen molar-refractivity contribution in [2.75, 3.05) is 5.75 Å². The van der Waals surface area contributed by atoms with Crippen molar-refractivity contribution in [1.82, 2.24) is 0 Å². The van der Waals surface area contributed by atoms with Gasteiger partial charge in [0.1, 0.15) is 5.92 Å². The summed E-state index contributed by atoms with van der Waals surface area (Å²) in [7, 11) is 0. The zero-order valence-corrected chi connectivity index (χ0v) is 9.61. The summed E-state index contributed by atoms with van der Waals surface area (Å²) in [4.78, 5) is 0. The molecule has 0 spiro atoms. The Morgan fingerprint density at radius 1 is 1.40 bits per heavy atom. The molecule has 7 heteroatoms. The number of rotatable bonds is 3. The smallest absolute Gasteiger partial charge is 0.399 e. The first kappa shape index (κ1) is 14.4. The number of alkyl halides is 3. The SMILES string of the molecule is CC(C)(C)SCC(C(N)=NO)C(F)(F)F. The maximum Gasteiger partial charge on any atom is 0.399 e. The Morgan fingerprint density at radius 2 is 1.87 bits per heavy atom. The molecule has 15 heavy (non-hydrogen) atoms. The lowest BCUT2D eigenvalue weighted by atomic mass is 10.1. The normalized spacial score (nSPS) is 16.5. The zero-order chi connectivity index (χ0) is 12.3. The molecule has 0 radical (unpaired) electrons. The largest absolute Gasteiger partial charge is 0.409 e. The van der Waals surface area contributed by atoms with Crippen LogP contribution in [0, 0.1) is 5.92 Å². The van der Waals surface area contributed by atoms with Crippen molar-refractivity contribution in [3.63, 3.8) is 0 Å². The predicted molar refractivity (Wildman–Crippen MR) is 55.2 cm³/mol. The molecular weight excluding hydrogens is 229 g/mol. The van der Waals surface area contributed by atoms with E-state index in [9.17, 15) is 13.2 Å². The van der Waals surface area contributed by atoms with Gasteiger partial charge in [-0.05, 0) is 0 Å². The molecule has 0 amide bonds. The predicted octanol–water partition coefficient (Wildman–Crippen LogP) is 2.44. The maximum atomic E-state index is 12.4. The first-order valence-electron chi connectivity index (χ1n) is 4.26. The van der Waals surface area contributed by atoms with E-state index in [0.717, 1.165) is 11.8 Å². The molecule has 1 atom stereocenters. The highest BCUT2D eigenvalue weighted by molar-refractivity contribution is 8.00. The monoisotopic (exact) mass is 244 g/mol. The molecule has 1 unspecified atom stereocenters. The number of nitrogens with zero attached hydrogens (tertiary/aromatic N) is 1. The molecule has 0 aliphatic carbocycles. The Morgan fingerprint density at radius 3 is 2.13 bits per heavy atom. The van der Waals surface area contributed by atoms with Gasteiger partial charge >= 0.3 is 6.18 Å². The van der Waals surface area contributed by atoms with E-state index in [2.05, 4.69) is 5.16 Å². The zero-order valence-electron chi connectivity index (χ0n) is 8.80. The summed E-state index contributed by atoms with van der Waals surface area (Å²) < 4.78 is 37.0. The number of hydrogen-bond donors (Lipinski definition) is 2. The van der Waals surface area contributed by atoms with Crippen molar-refractivity contribution in [3.05, 3.63) is 0 Å². The van der Waals surface area contributed by atoms with Crippen LogP contribution in [-0.2, 0) is 0 Å². The highest BCUT2D eigenvalue weighted by atomic mass is 32.2. The fourth-order valence-electron chi connectivity index (χ4n) is 0.751. The van der Waals surface area contributed by atoms with Gasteiger partial charge in [-0.25, -0.2) is 0 Å². The summed E-state index contributed by atoms with van der Waals surface area (Å²) in [5, 5.41) is 10.7. The topological polar surface area (TPSA) is 58.6 Å². The molecule has 0 aromatic carbocycles. The molecule has 0 saturated carbocycles. The third-order valence-corrected chi connectivity index (χ3v) is 2.92. The fourth-order valence-corrected chi connectivity index (χ4v) is 1.78. The van der Waals surface area contributed by atoms with Crippen LogP contribution in [0.1, 0.15) is 20.8 Å². The lowest BCUT2D eigenvalue weighted by Crippen LogP contribution is -2.38. The van der Waals surface area contributed by atoms with Gasteiger partial charge < -0.3 is 10.9 Å². The van der Waals surface area contributed by atoms with Crippen molar-refractivity contribution >= 4 is 17.6 Å². The molecular formula is C8H15F3N2OS. The first-order chi connectivity index (χ1) is 6.58. The highest BCUT2D eigenvalue weighted by Crippen LogP contribution is 2.33. The molecule has 0 rings (SSSR count). The number of nitrogens with two attached hydrogens (primary N) is 1. The molecule has 3 nitrogen and oxygen atoms in total. The van der Waals surface area contributed by atoms with Gasteiger partial charge in [0.15, 0.2) is 5.84 Å². The van der Waals surface area contributed by atoms with Crippen molar-refractivity contribution in [2.24, 2.45) is 16.8 Å². The van der Waals surface area contributed by atoms with E-state index < -0.39 is 17.9 Å². The van der Waals surface area contributed by atoms with Crippen LogP contribution in [0.3, 0.4) is 0 Å². The summed E-state index contributed by atoms with van der Waals surface area (Å²) in [5.74, 6) is -2.94. The summed E-state index contributed by atoms with van der Waals surface area (Å²) in [6.07, 6.45) is -4.48. The molecule has 90 valence electrons. The Balaban J connectivity index is 4.56. The third kappa shape index (κ3) is 5.76. The van der Waals surface area contributed by atoms with Crippen molar-refractivity contribution < 1.29 is 18.4 Å². The quantitative estimate of drug-likeness (QED) is 0.347. The molecule has 0 heterocycles. The van der Waals surface area contributed by atoms with Crippen LogP contribution in [0.5, 0.6) is 0 Å². The second-order valence-electron chi connectivity index (χ2n) is 4.04. The van der Waals surface area contributed by atoms with E-state index in [0.29, 0.717) is 0 Å². The molecule has 0 fully saturated rings. The van der Waals surface area contributed by atoms with Crippen LogP contribution >= 0.6 is 11.8 Å². The van der Waals surface area contributed by atoms with Gasteiger partial charge in [0.25, 0.3) is 0 Å². The maximum absolute atomic E-state index is 12.4. The van der Waals surface area contributed by atoms with Crippen molar-refractivity contribution in [1.29, 1.82) is 0 Å². The number of amidine groups is 1. The Bertz CT molecular complexity index is 235. The molecule has 3 N–H and O–H groups in total. The van der Waals surface area contributed by atoms with Crippen molar-refractivity contribution in [3.8, 4) is 0 Å². The summed E-state index contributed by atoms with van der Waals surface area (Å²) in [6, 6.07) is 0. The second kappa shape index (κ2) is 4.96. The molecule has 0 aromatic heterocycles. The molecule has 0 saturated heterocycles. The van der Waals surface area contributed by atoms with E-state index in [4.69, 9.17) is 10.9 Å². The number of hydrogen-bond acceptors (Lipinski definition) is 3. The fraction of sp³-hybridized carbons (Fsp3) is 0.875. The van der Waals surface area contributed by atoms with Gasteiger partial charge in [0.05, 0.1) is 0 Å². The van der Waals surface area contributed by atoms with Crippen LogP contribution < -0.4 is 5.73 Å². The van der Waals surface area contributed by atoms with Gasteiger partial charge in [0, 0.05) is 10.5 Å². The number of thioether (sulfide) groups is 1. The molecule has 0 aromatic rings. The highest BCUT2D eigenvalue weighted by Gasteiger charge is 2.43. The molecule has 0 aliphatic heterocycles. The minimum absolute atomic E-state index is 0.247. The van der Waals surface area contributed by atoms with E-state index in [1.807, 2.05) is 0 Å². The van der Waals surface area contributed by atoms with E-state index >= 15 is 0 Å². The Hall–Kier alpha value is -0.590. The van der Waals surface area contributed by atoms with Crippen LogP contribution in [0.25, 0.3) is 0 Å². The third-order valence-electron chi connectivity index (χ3n) is 1.55. The van der Waals surface area contributed by atoms with Crippen LogP contribution in [-0.4, -0.2) is 27.7 Å². The van der Waals surface area contributed by atoms with Crippen molar-refractivity contribution in [2.45, 2.75) is 31.7 Å². The van der Waals surface area contributed by atoms with Crippen LogP contribution in [0.2, 0.25) is 0 Å². The second-order valence-corrected chi connectivity index (χ2v) is 5.89. The summed E-state index contributed by atoms with van der Waals surface area (Å²) in [5.41, 5.74) is 5.00. The van der Waals surface area contributed by atoms with Gasteiger partial charge in [-0.1, -0.05) is 25.9 Å². The lowest BCUT2D eigenvalue weighted by Gasteiger charge is -2.23. The van der Waals surface area contributed by atoms with Crippen LogP contribution in [0.4, 0.5) is 13.2 Å². The van der Waals surface area contributed by atoms with Crippen LogP contribution in [0.15, 0.2) is 5.16 Å². The minimum Gasteiger partial charge on any atom is -0.409 e. The first-order valence-corrected chi connectivity index (χ1v) is 5.24. The van der Waals surface area contributed by atoms with Gasteiger partial charge in [-0.15, -0.1) is 0 Å². The van der Waals surface area contributed by atoms with E-state index in [-0.39, 0.29) is 10.5 Å². The van der Waals surface area contributed by atoms with Gasteiger partial charge in [0.2, 0.25) is 0 Å². The average molecular weight is 244 g/mol. The number of oxime groups is 1. The molecule has 0 bridgehead atoms. The van der Waals surface area contributed by atoms with E-state index in [1.165, 1.54) is 0 Å². The van der Waals surface area contributed by atoms with Gasteiger partial charge in [-0.2, -0.15) is 24.9 Å².